The fourth-order valence-electron chi connectivity index (χ4n) is 2.52. The highest BCUT2D eigenvalue weighted by atomic mass is 16.5. The second-order valence-electron chi connectivity index (χ2n) is 4.40. The molecule has 1 saturated heterocycles. The van der Waals surface area contributed by atoms with Crippen molar-refractivity contribution in [2.45, 2.75) is 51.2 Å². The minimum absolute atomic E-state index is 0.235. The number of hydrogen-bond acceptors (Lipinski definition) is 3. The van der Waals surface area contributed by atoms with E-state index in [2.05, 4.69) is 13.8 Å². The third kappa shape index (κ3) is 2.71. The molecule has 1 aliphatic heterocycles. The monoisotopic (exact) mass is 216 g/mol. The quantitative estimate of drug-likeness (QED) is 0.763. The number of ether oxygens (including phenoxy) is 2. The highest BCUT2D eigenvalue weighted by Gasteiger charge is 2.40. The summed E-state index contributed by atoms with van der Waals surface area (Å²) in [5.41, 5.74) is -0.384. The van der Waals surface area contributed by atoms with E-state index in [1.807, 2.05) is 0 Å². The Morgan fingerprint density at radius 1 is 1.47 bits per heavy atom. The van der Waals surface area contributed by atoms with E-state index in [4.69, 9.17) is 9.47 Å². The van der Waals surface area contributed by atoms with Gasteiger partial charge in [-0.15, -0.1) is 0 Å². The number of methoxy groups -OCH3 is 1. The summed E-state index contributed by atoms with van der Waals surface area (Å²) in [6.45, 7) is 5.65. The Morgan fingerprint density at radius 3 is 2.53 bits per heavy atom. The van der Waals surface area contributed by atoms with E-state index in [0.717, 1.165) is 32.3 Å². The third-order valence-corrected chi connectivity index (χ3v) is 3.78. The van der Waals surface area contributed by atoms with Crippen molar-refractivity contribution in [1.29, 1.82) is 0 Å². The van der Waals surface area contributed by atoms with Gasteiger partial charge in [0.2, 0.25) is 0 Å². The fraction of sp³-hybridized carbons (Fsp3) is 1.00. The molecule has 0 saturated carbocycles. The highest BCUT2D eigenvalue weighted by molar-refractivity contribution is 4.90. The van der Waals surface area contributed by atoms with E-state index in [1.54, 1.807) is 7.11 Å². The number of hydrogen-bond donors (Lipinski definition) is 1. The minimum Gasteiger partial charge on any atom is -0.390 e. The van der Waals surface area contributed by atoms with Crippen LogP contribution < -0.4 is 0 Å². The Hall–Kier alpha value is -0.120. The van der Waals surface area contributed by atoms with E-state index in [0.29, 0.717) is 6.61 Å². The highest BCUT2D eigenvalue weighted by Crippen LogP contribution is 2.32. The maximum atomic E-state index is 10.4. The van der Waals surface area contributed by atoms with Crippen LogP contribution in [0.1, 0.15) is 39.5 Å². The lowest BCUT2D eigenvalue weighted by atomic mass is 9.80. The van der Waals surface area contributed by atoms with Crippen molar-refractivity contribution in [2.24, 2.45) is 5.92 Å². The Bertz CT molecular complexity index is 163. The predicted octanol–water partition coefficient (Wildman–Crippen LogP) is 1.98. The minimum atomic E-state index is -0.405. The van der Waals surface area contributed by atoms with Crippen molar-refractivity contribution in [1.82, 2.24) is 0 Å². The molecular formula is C12H24O3. The lowest BCUT2D eigenvalue weighted by Crippen LogP contribution is -2.49. The van der Waals surface area contributed by atoms with Crippen molar-refractivity contribution in [2.75, 3.05) is 20.3 Å². The molecule has 0 bridgehead atoms. The number of aliphatic hydroxyl groups excluding tert-OH is 1. The first-order valence-electron chi connectivity index (χ1n) is 6.01. The van der Waals surface area contributed by atoms with Gasteiger partial charge in [-0.2, -0.15) is 0 Å². The van der Waals surface area contributed by atoms with Crippen molar-refractivity contribution in [3.8, 4) is 0 Å². The average molecular weight is 216 g/mol. The Balaban J connectivity index is 2.65. The summed E-state index contributed by atoms with van der Waals surface area (Å²) in [7, 11) is 1.69. The lowest BCUT2D eigenvalue weighted by molar-refractivity contribution is -0.146. The molecule has 2 unspecified atom stereocenters. The molecule has 1 N–H and O–H groups in total. The first-order chi connectivity index (χ1) is 7.20. The maximum absolute atomic E-state index is 10.4. The van der Waals surface area contributed by atoms with Gasteiger partial charge in [-0.25, -0.2) is 0 Å². The van der Waals surface area contributed by atoms with Crippen LogP contribution in [-0.2, 0) is 9.47 Å². The van der Waals surface area contributed by atoms with Crippen LogP contribution in [0.15, 0.2) is 0 Å². The molecule has 2 atom stereocenters. The molecule has 0 spiro atoms. The predicted molar refractivity (Wildman–Crippen MR) is 59.9 cm³/mol. The summed E-state index contributed by atoms with van der Waals surface area (Å²) in [6.07, 6.45) is 3.38. The molecule has 0 aliphatic carbocycles. The van der Waals surface area contributed by atoms with Gasteiger partial charge >= 0.3 is 0 Å². The van der Waals surface area contributed by atoms with Gasteiger partial charge < -0.3 is 14.6 Å². The fourth-order valence-corrected chi connectivity index (χ4v) is 2.52. The molecule has 15 heavy (non-hydrogen) atoms. The summed E-state index contributed by atoms with van der Waals surface area (Å²) in [5, 5.41) is 10.4. The molecule has 3 nitrogen and oxygen atoms in total. The average Bonchev–Trinajstić information content (AvgIpc) is 2.33. The molecule has 0 radical (unpaired) electrons. The third-order valence-electron chi connectivity index (χ3n) is 3.78. The molecule has 1 aliphatic rings. The Labute approximate surface area is 92.8 Å². The van der Waals surface area contributed by atoms with Gasteiger partial charge in [0.1, 0.15) is 0 Å². The topological polar surface area (TPSA) is 38.7 Å². The zero-order valence-electron chi connectivity index (χ0n) is 10.2. The number of rotatable bonds is 5. The molecule has 0 aromatic carbocycles. The van der Waals surface area contributed by atoms with Crippen molar-refractivity contribution in [3.63, 3.8) is 0 Å². The second kappa shape index (κ2) is 5.83. The van der Waals surface area contributed by atoms with Crippen molar-refractivity contribution >= 4 is 0 Å². The van der Waals surface area contributed by atoms with Crippen molar-refractivity contribution < 1.29 is 14.6 Å². The lowest BCUT2D eigenvalue weighted by Gasteiger charge is -2.40. The summed E-state index contributed by atoms with van der Waals surface area (Å²) < 4.78 is 11.0. The standard InChI is InChI=1S/C12H24O3/c1-4-12(5-2,14-3)11(13)10-7-6-8-15-9-10/h10-11,13H,4-9H2,1-3H3. The summed E-state index contributed by atoms with van der Waals surface area (Å²) in [4.78, 5) is 0. The van der Waals surface area contributed by atoms with Crippen LogP contribution in [0.3, 0.4) is 0 Å². The van der Waals surface area contributed by atoms with E-state index in [9.17, 15) is 5.11 Å². The molecule has 0 aromatic rings. The summed E-state index contributed by atoms with van der Waals surface area (Å²) in [6, 6.07) is 0. The van der Waals surface area contributed by atoms with Gasteiger partial charge in [0.15, 0.2) is 0 Å². The molecular weight excluding hydrogens is 192 g/mol. The summed E-state index contributed by atoms with van der Waals surface area (Å²) in [5.74, 6) is 0.235. The first-order valence-corrected chi connectivity index (χ1v) is 6.01. The summed E-state index contributed by atoms with van der Waals surface area (Å²) >= 11 is 0. The molecule has 3 heteroatoms. The van der Waals surface area contributed by atoms with E-state index < -0.39 is 6.10 Å². The van der Waals surface area contributed by atoms with Gasteiger partial charge in [0, 0.05) is 19.6 Å². The Kier molecular flexibility index (Phi) is 5.03. The Morgan fingerprint density at radius 2 is 2.13 bits per heavy atom. The molecule has 0 aromatic heterocycles. The maximum Gasteiger partial charge on any atom is 0.0934 e. The number of aliphatic hydroxyl groups is 1. The van der Waals surface area contributed by atoms with Crippen LogP contribution in [0, 0.1) is 5.92 Å². The van der Waals surface area contributed by atoms with Crippen LogP contribution in [-0.4, -0.2) is 37.1 Å². The SMILES string of the molecule is CCC(CC)(OC)C(O)C1CCCOC1. The van der Waals surface area contributed by atoms with Crippen LogP contribution >= 0.6 is 0 Å². The van der Waals surface area contributed by atoms with Gasteiger partial charge in [-0.1, -0.05) is 13.8 Å². The largest absolute Gasteiger partial charge is 0.390 e. The smallest absolute Gasteiger partial charge is 0.0934 e. The van der Waals surface area contributed by atoms with Gasteiger partial charge in [0.25, 0.3) is 0 Å². The zero-order chi connectivity index (χ0) is 11.3. The van der Waals surface area contributed by atoms with E-state index in [-0.39, 0.29) is 11.5 Å². The van der Waals surface area contributed by atoms with Crippen LogP contribution in [0.4, 0.5) is 0 Å². The van der Waals surface area contributed by atoms with Crippen molar-refractivity contribution in [3.05, 3.63) is 0 Å². The normalized spacial score (nSPS) is 25.2. The second-order valence-corrected chi connectivity index (χ2v) is 4.40. The van der Waals surface area contributed by atoms with Gasteiger partial charge in [-0.05, 0) is 25.7 Å². The molecule has 1 rings (SSSR count). The van der Waals surface area contributed by atoms with Crippen LogP contribution in [0.25, 0.3) is 0 Å². The molecule has 0 amide bonds. The van der Waals surface area contributed by atoms with Crippen LogP contribution in [0.5, 0.6) is 0 Å². The van der Waals surface area contributed by atoms with E-state index in [1.165, 1.54) is 0 Å². The zero-order valence-corrected chi connectivity index (χ0v) is 10.2. The molecule has 90 valence electrons. The molecule has 1 heterocycles. The van der Waals surface area contributed by atoms with Crippen LogP contribution in [0.2, 0.25) is 0 Å². The van der Waals surface area contributed by atoms with Gasteiger partial charge in [-0.3, -0.25) is 0 Å². The van der Waals surface area contributed by atoms with E-state index >= 15 is 0 Å². The molecule has 1 fully saturated rings. The van der Waals surface area contributed by atoms with Gasteiger partial charge in [0.05, 0.1) is 18.3 Å². The first kappa shape index (κ1) is 12.9.